The number of carboxylic acid groups (broad SMARTS) is 2. The first-order chi connectivity index (χ1) is 7.33. The van der Waals surface area contributed by atoms with E-state index in [1.807, 2.05) is 13.8 Å². The smallest absolute Gasteiger partial charge is 0.405 e. The average molecular weight is 230 g/mol. The quantitative estimate of drug-likeness (QED) is 0.577. The van der Waals surface area contributed by atoms with Gasteiger partial charge in [-0.1, -0.05) is 6.92 Å². The molecule has 0 aromatic heterocycles. The first-order valence-electron chi connectivity index (χ1n) is 5.34. The van der Waals surface area contributed by atoms with Gasteiger partial charge in [-0.05, 0) is 32.1 Å². The van der Waals surface area contributed by atoms with Crippen molar-refractivity contribution in [2.45, 2.75) is 44.7 Å². The highest BCUT2D eigenvalue weighted by Gasteiger charge is 2.38. The van der Waals surface area contributed by atoms with Crippen LogP contribution in [-0.4, -0.2) is 34.0 Å². The van der Waals surface area contributed by atoms with Gasteiger partial charge in [-0.25, -0.2) is 9.59 Å². The Kier molecular flexibility index (Phi) is 3.62. The molecule has 0 aromatic rings. The zero-order valence-electron chi connectivity index (χ0n) is 9.49. The van der Waals surface area contributed by atoms with Crippen molar-refractivity contribution in [1.29, 1.82) is 0 Å². The van der Waals surface area contributed by atoms with Gasteiger partial charge in [0.15, 0.2) is 0 Å². The molecule has 1 fully saturated rings. The van der Waals surface area contributed by atoms with Crippen molar-refractivity contribution in [3.8, 4) is 0 Å². The molecule has 2 amide bonds. The van der Waals surface area contributed by atoms with E-state index in [4.69, 9.17) is 10.2 Å². The van der Waals surface area contributed by atoms with Crippen molar-refractivity contribution in [1.82, 2.24) is 10.6 Å². The first kappa shape index (κ1) is 12.6. The second-order valence-corrected chi connectivity index (χ2v) is 4.67. The Bertz CT molecular complexity index is 295. The number of amides is 2. The molecule has 6 heteroatoms. The molecular formula is C10H18N2O4. The Morgan fingerprint density at radius 1 is 1.31 bits per heavy atom. The molecule has 0 radical (unpaired) electrons. The molecule has 0 aromatic carbocycles. The van der Waals surface area contributed by atoms with Crippen LogP contribution in [0.1, 0.15) is 33.1 Å². The van der Waals surface area contributed by atoms with E-state index in [1.165, 1.54) is 0 Å². The third kappa shape index (κ3) is 3.01. The van der Waals surface area contributed by atoms with Crippen molar-refractivity contribution in [2.24, 2.45) is 5.92 Å². The Morgan fingerprint density at radius 2 is 1.94 bits per heavy atom. The van der Waals surface area contributed by atoms with Gasteiger partial charge in [-0.2, -0.15) is 0 Å². The van der Waals surface area contributed by atoms with Gasteiger partial charge in [-0.3, -0.25) is 0 Å². The summed E-state index contributed by atoms with van der Waals surface area (Å²) in [5.74, 6) is 0.106. The fraction of sp³-hybridized carbons (Fsp3) is 0.800. The van der Waals surface area contributed by atoms with E-state index in [9.17, 15) is 9.59 Å². The third-order valence-corrected chi connectivity index (χ3v) is 3.46. The highest BCUT2D eigenvalue weighted by molar-refractivity contribution is 5.66. The van der Waals surface area contributed by atoms with E-state index < -0.39 is 17.7 Å². The van der Waals surface area contributed by atoms with Crippen LogP contribution < -0.4 is 10.6 Å². The van der Waals surface area contributed by atoms with Crippen LogP contribution in [0.25, 0.3) is 0 Å². The molecular weight excluding hydrogens is 212 g/mol. The predicted octanol–water partition coefficient (Wildman–Crippen LogP) is 1.47. The predicted molar refractivity (Wildman–Crippen MR) is 57.5 cm³/mol. The van der Waals surface area contributed by atoms with Gasteiger partial charge in [0.2, 0.25) is 0 Å². The van der Waals surface area contributed by atoms with Gasteiger partial charge in [-0.15, -0.1) is 0 Å². The number of nitrogens with one attached hydrogen (secondary N) is 2. The third-order valence-electron chi connectivity index (χ3n) is 3.46. The lowest BCUT2D eigenvalue weighted by molar-refractivity contribution is 0.123. The number of carbonyl (C=O) groups is 2. The van der Waals surface area contributed by atoms with E-state index in [1.54, 1.807) is 0 Å². The monoisotopic (exact) mass is 230 g/mol. The lowest BCUT2D eigenvalue weighted by Gasteiger charge is -2.42. The van der Waals surface area contributed by atoms with Crippen LogP contribution in [0.4, 0.5) is 9.59 Å². The van der Waals surface area contributed by atoms with Gasteiger partial charge in [0.25, 0.3) is 0 Å². The maximum atomic E-state index is 10.7. The molecule has 0 spiro atoms. The van der Waals surface area contributed by atoms with Crippen molar-refractivity contribution in [2.75, 3.05) is 0 Å². The van der Waals surface area contributed by atoms with Crippen molar-refractivity contribution < 1.29 is 19.8 Å². The molecule has 0 saturated heterocycles. The summed E-state index contributed by atoms with van der Waals surface area (Å²) in [5, 5.41) is 22.3. The summed E-state index contributed by atoms with van der Waals surface area (Å²) in [6, 6.07) is -0.0730. The maximum absolute atomic E-state index is 10.7. The number of rotatable bonds is 2. The molecule has 1 saturated carbocycles. The van der Waals surface area contributed by atoms with E-state index in [0.717, 1.165) is 0 Å². The summed E-state index contributed by atoms with van der Waals surface area (Å²) < 4.78 is 0. The Morgan fingerprint density at radius 3 is 2.38 bits per heavy atom. The molecule has 0 heterocycles. The molecule has 0 aliphatic heterocycles. The molecule has 92 valence electrons. The van der Waals surface area contributed by atoms with Crippen LogP contribution in [0.3, 0.4) is 0 Å². The minimum absolute atomic E-state index is 0.0730. The zero-order valence-corrected chi connectivity index (χ0v) is 9.49. The molecule has 3 atom stereocenters. The molecule has 16 heavy (non-hydrogen) atoms. The van der Waals surface area contributed by atoms with E-state index in [2.05, 4.69) is 10.6 Å². The second-order valence-electron chi connectivity index (χ2n) is 4.67. The summed E-state index contributed by atoms with van der Waals surface area (Å²) in [4.78, 5) is 21.1. The topological polar surface area (TPSA) is 98.7 Å². The van der Waals surface area contributed by atoms with Gasteiger partial charge < -0.3 is 20.8 Å². The molecule has 4 N–H and O–H groups in total. The number of hydrogen-bond acceptors (Lipinski definition) is 2. The molecule has 1 aliphatic carbocycles. The lowest BCUT2D eigenvalue weighted by Crippen LogP contribution is -2.55. The van der Waals surface area contributed by atoms with Crippen LogP contribution in [0.15, 0.2) is 0 Å². The first-order valence-corrected chi connectivity index (χ1v) is 5.34. The van der Waals surface area contributed by atoms with E-state index in [-0.39, 0.29) is 12.0 Å². The zero-order chi connectivity index (χ0) is 12.3. The summed E-state index contributed by atoms with van der Waals surface area (Å²) in [5.41, 5.74) is -0.456. The van der Waals surface area contributed by atoms with Crippen molar-refractivity contribution in [3.63, 3.8) is 0 Å². The van der Waals surface area contributed by atoms with Crippen molar-refractivity contribution in [3.05, 3.63) is 0 Å². The van der Waals surface area contributed by atoms with Crippen LogP contribution in [0.2, 0.25) is 0 Å². The van der Waals surface area contributed by atoms with Gasteiger partial charge in [0.05, 0.1) is 0 Å². The van der Waals surface area contributed by atoms with E-state index in [0.29, 0.717) is 19.3 Å². The largest absolute Gasteiger partial charge is 0.465 e. The fourth-order valence-corrected chi connectivity index (χ4v) is 2.26. The van der Waals surface area contributed by atoms with Gasteiger partial charge in [0, 0.05) is 11.6 Å². The second kappa shape index (κ2) is 4.59. The summed E-state index contributed by atoms with van der Waals surface area (Å²) >= 11 is 0. The van der Waals surface area contributed by atoms with Crippen LogP contribution in [0, 0.1) is 5.92 Å². The Labute approximate surface area is 94.0 Å². The average Bonchev–Trinajstić information content (AvgIpc) is 2.10. The number of hydrogen-bond donors (Lipinski definition) is 4. The van der Waals surface area contributed by atoms with Crippen LogP contribution >= 0.6 is 0 Å². The van der Waals surface area contributed by atoms with E-state index >= 15 is 0 Å². The molecule has 1 rings (SSSR count). The molecule has 1 unspecified atom stereocenters. The standard InChI is InChI=1S/C10H18N2O4/c1-6-5-7(11-8(13)14)3-4-10(6,2)12-9(15)16/h6-7,11-12H,3-5H2,1-2H3,(H,13,14)(H,15,16)/t6-,7?,10-/m1/s1. The minimum Gasteiger partial charge on any atom is -0.465 e. The fourth-order valence-electron chi connectivity index (χ4n) is 2.26. The highest BCUT2D eigenvalue weighted by Crippen LogP contribution is 2.33. The molecule has 6 nitrogen and oxygen atoms in total. The molecule has 1 aliphatic rings. The van der Waals surface area contributed by atoms with Crippen LogP contribution in [0.5, 0.6) is 0 Å². The normalized spacial score (nSPS) is 34.1. The summed E-state index contributed by atoms with van der Waals surface area (Å²) in [6.45, 7) is 3.80. The summed E-state index contributed by atoms with van der Waals surface area (Å²) in [7, 11) is 0. The molecule has 0 bridgehead atoms. The Hall–Kier alpha value is -1.46. The highest BCUT2D eigenvalue weighted by atomic mass is 16.4. The Balaban J connectivity index is 2.57. The lowest BCUT2D eigenvalue weighted by atomic mass is 9.73. The van der Waals surface area contributed by atoms with Crippen LogP contribution in [-0.2, 0) is 0 Å². The van der Waals surface area contributed by atoms with Gasteiger partial charge >= 0.3 is 12.2 Å². The van der Waals surface area contributed by atoms with Crippen molar-refractivity contribution >= 4 is 12.2 Å². The summed E-state index contributed by atoms with van der Waals surface area (Å²) in [6.07, 6.45) is -0.0898. The maximum Gasteiger partial charge on any atom is 0.405 e. The van der Waals surface area contributed by atoms with Gasteiger partial charge in [0.1, 0.15) is 0 Å². The SMILES string of the molecule is C[C@@H]1CC(NC(=O)O)CC[C@@]1(C)NC(=O)O. The minimum atomic E-state index is -1.03.